The first kappa shape index (κ1) is 13.6. The smallest absolute Gasteiger partial charge is 0.410 e. The van der Waals surface area contributed by atoms with Crippen molar-refractivity contribution in [3.8, 4) is 5.75 Å². The molecule has 0 unspecified atom stereocenters. The molecule has 0 saturated heterocycles. The highest BCUT2D eigenvalue weighted by Gasteiger charge is 2.13. The quantitative estimate of drug-likeness (QED) is 0.664. The fourth-order valence-electron chi connectivity index (χ4n) is 1.63. The van der Waals surface area contributed by atoms with Crippen LogP contribution in [0.15, 0.2) is 54.6 Å². The van der Waals surface area contributed by atoms with E-state index in [1.165, 1.54) is 4.90 Å². The van der Waals surface area contributed by atoms with Gasteiger partial charge in [0.2, 0.25) is 0 Å². The van der Waals surface area contributed by atoms with Crippen molar-refractivity contribution >= 4 is 17.6 Å². The number of para-hydroxylation sites is 1. The molecular weight excluding hydrogens is 254 g/mol. The number of anilines is 1. The number of hydrogen-bond donors (Lipinski definition) is 2. The van der Waals surface area contributed by atoms with Gasteiger partial charge in [0.05, 0.1) is 0 Å². The Labute approximate surface area is 117 Å². The Hall–Kier alpha value is -2.82. The van der Waals surface area contributed by atoms with Gasteiger partial charge in [-0.1, -0.05) is 18.2 Å². The number of carbonyl (C=O) groups is 1. The third-order valence-corrected chi connectivity index (χ3v) is 2.79. The lowest BCUT2D eigenvalue weighted by Gasteiger charge is -2.17. The van der Waals surface area contributed by atoms with Gasteiger partial charge in [-0.15, -0.1) is 0 Å². The molecule has 0 heterocycles. The van der Waals surface area contributed by atoms with E-state index in [0.29, 0.717) is 17.0 Å². The Balaban J connectivity index is 2.08. The van der Waals surface area contributed by atoms with E-state index in [1.807, 2.05) is 6.07 Å². The first-order valence-corrected chi connectivity index (χ1v) is 6.03. The van der Waals surface area contributed by atoms with E-state index in [2.05, 4.69) is 0 Å². The summed E-state index contributed by atoms with van der Waals surface area (Å²) in [6, 6.07) is 15.7. The van der Waals surface area contributed by atoms with Crippen LogP contribution in [0.25, 0.3) is 0 Å². The standard InChI is InChI=1S/C15H15N3O2/c1-18(12-9-7-11(8-10-12)14(16)17)15(19)20-13-5-3-2-4-6-13/h2-10H,1H3,(H3,16,17). The molecule has 2 aromatic carbocycles. The summed E-state index contributed by atoms with van der Waals surface area (Å²) in [5.41, 5.74) is 6.65. The molecule has 0 radical (unpaired) electrons. The van der Waals surface area contributed by atoms with E-state index in [9.17, 15) is 4.79 Å². The molecule has 0 saturated carbocycles. The first-order valence-electron chi connectivity index (χ1n) is 6.03. The van der Waals surface area contributed by atoms with Gasteiger partial charge in [0.25, 0.3) is 0 Å². The Morgan fingerprint density at radius 1 is 1.10 bits per heavy atom. The molecule has 3 N–H and O–H groups in total. The lowest BCUT2D eigenvalue weighted by atomic mass is 10.2. The third kappa shape index (κ3) is 3.14. The Morgan fingerprint density at radius 2 is 1.70 bits per heavy atom. The van der Waals surface area contributed by atoms with Crippen LogP contribution in [-0.4, -0.2) is 19.0 Å². The van der Waals surface area contributed by atoms with Gasteiger partial charge < -0.3 is 10.5 Å². The number of amidine groups is 1. The fraction of sp³-hybridized carbons (Fsp3) is 0.0667. The van der Waals surface area contributed by atoms with Crippen LogP contribution < -0.4 is 15.4 Å². The Bertz CT molecular complexity index is 609. The summed E-state index contributed by atoms with van der Waals surface area (Å²) in [5, 5.41) is 7.32. The second-order valence-corrected chi connectivity index (χ2v) is 4.20. The van der Waals surface area contributed by atoms with E-state index in [1.54, 1.807) is 55.6 Å². The largest absolute Gasteiger partial charge is 0.419 e. The maximum absolute atomic E-state index is 12.0. The number of nitrogens with zero attached hydrogens (tertiary/aromatic N) is 1. The van der Waals surface area contributed by atoms with Gasteiger partial charge in [-0.3, -0.25) is 10.3 Å². The third-order valence-electron chi connectivity index (χ3n) is 2.79. The van der Waals surface area contributed by atoms with Crippen molar-refractivity contribution < 1.29 is 9.53 Å². The SMILES string of the molecule is CN(C(=O)Oc1ccccc1)c1ccc(C(=N)N)cc1. The summed E-state index contributed by atoms with van der Waals surface area (Å²) in [6.45, 7) is 0. The molecule has 0 bridgehead atoms. The molecule has 0 aliphatic rings. The van der Waals surface area contributed by atoms with Crippen molar-refractivity contribution in [1.29, 1.82) is 5.41 Å². The van der Waals surface area contributed by atoms with Crippen molar-refractivity contribution in [2.45, 2.75) is 0 Å². The normalized spacial score (nSPS) is 9.85. The highest BCUT2D eigenvalue weighted by Crippen LogP contribution is 2.16. The number of ether oxygens (including phenoxy) is 1. The van der Waals surface area contributed by atoms with Gasteiger partial charge in [-0.05, 0) is 36.4 Å². The molecule has 1 amide bonds. The average Bonchev–Trinajstić information content (AvgIpc) is 2.47. The molecule has 0 aliphatic carbocycles. The van der Waals surface area contributed by atoms with E-state index in [-0.39, 0.29) is 5.84 Å². The number of benzene rings is 2. The summed E-state index contributed by atoms with van der Waals surface area (Å²) in [5.74, 6) is 0.482. The Morgan fingerprint density at radius 3 is 2.25 bits per heavy atom. The minimum Gasteiger partial charge on any atom is -0.410 e. The van der Waals surface area contributed by atoms with Crippen LogP contribution >= 0.6 is 0 Å². The van der Waals surface area contributed by atoms with Crippen LogP contribution in [0.3, 0.4) is 0 Å². The molecule has 0 spiro atoms. The van der Waals surface area contributed by atoms with Gasteiger partial charge >= 0.3 is 6.09 Å². The Kier molecular flexibility index (Phi) is 4.00. The lowest BCUT2D eigenvalue weighted by molar-refractivity contribution is 0.209. The topological polar surface area (TPSA) is 79.4 Å². The zero-order chi connectivity index (χ0) is 14.5. The predicted octanol–water partition coefficient (Wildman–Crippen LogP) is 2.61. The molecule has 2 aromatic rings. The number of nitrogens with one attached hydrogen (secondary N) is 1. The van der Waals surface area contributed by atoms with E-state index in [4.69, 9.17) is 15.9 Å². The zero-order valence-corrected chi connectivity index (χ0v) is 11.0. The average molecular weight is 269 g/mol. The molecule has 102 valence electrons. The minimum absolute atomic E-state index is 0.00827. The maximum atomic E-state index is 12.0. The van der Waals surface area contributed by atoms with E-state index < -0.39 is 6.09 Å². The van der Waals surface area contributed by atoms with Crippen molar-refractivity contribution in [2.24, 2.45) is 5.73 Å². The molecule has 0 aromatic heterocycles. The van der Waals surface area contributed by atoms with Gasteiger partial charge in [-0.2, -0.15) is 0 Å². The van der Waals surface area contributed by atoms with Crippen LogP contribution in [0, 0.1) is 5.41 Å². The van der Waals surface area contributed by atoms with Gasteiger partial charge in [0.15, 0.2) is 0 Å². The molecular formula is C15H15N3O2. The number of amides is 1. The number of carbonyl (C=O) groups excluding carboxylic acids is 1. The predicted molar refractivity (Wildman–Crippen MR) is 78.3 cm³/mol. The number of rotatable bonds is 3. The molecule has 5 heteroatoms. The molecule has 2 rings (SSSR count). The summed E-state index contributed by atoms with van der Waals surface area (Å²) >= 11 is 0. The molecule has 0 fully saturated rings. The highest BCUT2D eigenvalue weighted by molar-refractivity contribution is 5.96. The van der Waals surface area contributed by atoms with Crippen LogP contribution in [0.4, 0.5) is 10.5 Å². The van der Waals surface area contributed by atoms with Crippen LogP contribution in [0.5, 0.6) is 5.75 Å². The van der Waals surface area contributed by atoms with Gasteiger partial charge in [0, 0.05) is 18.3 Å². The van der Waals surface area contributed by atoms with Crippen molar-refractivity contribution in [2.75, 3.05) is 11.9 Å². The number of hydrogen-bond acceptors (Lipinski definition) is 3. The molecule has 5 nitrogen and oxygen atoms in total. The second kappa shape index (κ2) is 5.88. The first-order chi connectivity index (χ1) is 9.58. The monoisotopic (exact) mass is 269 g/mol. The summed E-state index contributed by atoms with van der Waals surface area (Å²) in [4.78, 5) is 13.4. The summed E-state index contributed by atoms with van der Waals surface area (Å²) < 4.78 is 5.23. The van der Waals surface area contributed by atoms with Crippen molar-refractivity contribution in [1.82, 2.24) is 0 Å². The van der Waals surface area contributed by atoms with Crippen LogP contribution in [0.1, 0.15) is 5.56 Å². The lowest BCUT2D eigenvalue weighted by Crippen LogP contribution is -2.29. The number of nitrogen functional groups attached to an aromatic ring is 1. The maximum Gasteiger partial charge on any atom is 0.419 e. The van der Waals surface area contributed by atoms with E-state index in [0.717, 1.165) is 0 Å². The van der Waals surface area contributed by atoms with Crippen LogP contribution in [-0.2, 0) is 0 Å². The van der Waals surface area contributed by atoms with E-state index >= 15 is 0 Å². The minimum atomic E-state index is -0.480. The number of nitrogens with two attached hydrogens (primary N) is 1. The van der Waals surface area contributed by atoms with Crippen molar-refractivity contribution in [3.63, 3.8) is 0 Å². The molecule has 0 aliphatic heterocycles. The van der Waals surface area contributed by atoms with Crippen LogP contribution in [0.2, 0.25) is 0 Å². The fourth-order valence-corrected chi connectivity index (χ4v) is 1.63. The second-order valence-electron chi connectivity index (χ2n) is 4.20. The van der Waals surface area contributed by atoms with Gasteiger partial charge in [0.1, 0.15) is 11.6 Å². The molecule has 20 heavy (non-hydrogen) atoms. The zero-order valence-electron chi connectivity index (χ0n) is 11.0. The van der Waals surface area contributed by atoms with Gasteiger partial charge in [-0.25, -0.2) is 4.79 Å². The summed E-state index contributed by atoms with van der Waals surface area (Å²) in [6.07, 6.45) is -0.480. The molecule has 0 atom stereocenters. The summed E-state index contributed by atoms with van der Waals surface area (Å²) in [7, 11) is 1.62. The van der Waals surface area contributed by atoms with Crippen molar-refractivity contribution in [3.05, 3.63) is 60.2 Å². The highest BCUT2D eigenvalue weighted by atomic mass is 16.6.